The Bertz CT molecular complexity index is 1110. The Balaban J connectivity index is 1.54. The summed E-state index contributed by atoms with van der Waals surface area (Å²) in [7, 11) is 0. The monoisotopic (exact) mass is 358 g/mol. The molecule has 2 heterocycles. The number of carbonyl (C=O) groups excluding carboxylic acids is 1. The quantitative estimate of drug-likeness (QED) is 0.491. The third kappa shape index (κ3) is 3.82. The molecule has 0 saturated carbocycles. The van der Waals surface area contributed by atoms with Crippen LogP contribution in [0, 0.1) is 0 Å². The fourth-order valence-corrected chi connectivity index (χ4v) is 2.77. The average molecular weight is 358 g/mol. The van der Waals surface area contributed by atoms with Gasteiger partial charge in [0.05, 0.1) is 6.26 Å². The maximum absolute atomic E-state index is 12.1. The van der Waals surface area contributed by atoms with E-state index < -0.39 is 0 Å². The maximum Gasteiger partial charge on any atom is 0.248 e. The Labute approximate surface area is 156 Å². The number of rotatable bonds is 5. The summed E-state index contributed by atoms with van der Waals surface area (Å²) in [6.07, 6.45) is 5.55. The van der Waals surface area contributed by atoms with E-state index in [0.29, 0.717) is 17.3 Å². The van der Waals surface area contributed by atoms with E-state index in [1.54, 1.807) is 24.5 Å². The fraction of sp³-hybridized carbons (Fsp3) is 0.0909. The van der Waals surface area contributed by atoms with Gasteiger partial charge in [0.2, 0.25) is 11.8 Å². The van der Waals surface area contributed by atoms with E-state index in [-0.39, 0.29) is 5.91 Å². The van der Waals surface area contributed by atoms with Gasteiger partial charge in [-0.1, -0.05) is 19.1 Å². The van der Waals surface area contributed by atoms with Crippen molar-refractivity contribution in [2.75, 3.05) is 5.32 Å². The minimum absolute atomic E-state index is 0.242. The number of benzene rings is 2. The van der Waals surface area contributed by atoms with Crippen molar-refractivity contribution in [3.63, 3.8) is 0 Å². The Morgan fingerprint density at radius 2 is 2.07 bits per heavy atom. The van der Waals surface area contributed by atoms with Crippen LogP contribution >= 0.6 is 0 Å². The van der Waals surface area contributed by atoms with Crippen LogP contribution in [0.4, 0.5) is 5.69 Å². The Morgan fingerprint density at radius 1 is 1.15 bits per heavy atom. The minimum Gasteiger partial charge on any atom is -0.465 e. The van der Waals surface area contributed by atoms with Crippen molar-refractivity contribution in [1.82, 2.24) is 4.98 Å². The summed E-state index contributed by atoms with van der Waals surface area (Å²) in [6.45, 7) is 2.11. The van der Waals surface area contributed by atoms with Gasteiger partial charge in [-0.05, 0) is 60.5 Å². The largest absolute Gasteiger partial charge is 0.465 e. The fourth-order valence-electron chi connectivity index (χ4n) is 2.77. The van der Waals surface area contributed by atoms with Crippen LogP contribution in [0.3, 0.4) is 0 Å². The molecule has 4 aromatic rings. The van der Waals surface area contributed by atoms with Crippen molar-refractivity contribution in [2.24, 2.45) is 0 Å². The number of aromatic nitrogens is 1. The Hall–Kier alpha value is -3.60. The molecule has 1 N–H and O–H groups in total. The van der Waals surface area contributed by atoms with Crippen LogP contribution in [-0.4, -0.2) is 10.9 Å². The molecule has 2 aromatic heterocycles. The van der Waals surface area contributed by atoms with Crippen LogP contribution in [0.15, 0.2) is 75.8 Å². The van der Waals surface area contributed by atoms with Crippen LogP contribution in [0.5, 0.6) is 0 Å². The zero-order valence-electron chi connectivity index (χ0n) is 14.8. The summed E-state index contributed by atoms with van der Waals surface area (Å²) in [5.41, 5.74) is 4.26. The molecule has 0 saturated heterocycles. The molecule has 5 nitrogen and oxygen atoms in total. The van der Waals surface area contributed by atoms with E-state index in [4.69, 9.17) is 8.83 Å². The summed E-state index contributed by atoms with van der Waals surface area (Å²) in [5, 5.41) is 2.83. The molecule has 0 bridgehead atoms. The number of aryl methyl sites for hydroxylation is 1. The lowest BCUT2D eigenvalue weighted by Gasteiger charge is -2.03. The van der Waals surface area contributed by atoms with E-state index in [0.717, 1.165) is 23.1 Å². The van der Waals surface area contributed by atoms with Gasteiger partial charge in [-0.15, -0.1) is 0 Å². The lowest BCUT2D eigenvalue weighted by atomic mass is 10.1. The zero-order chi connectivity index (χ0) is 18.6. The van der Waals surface area contributed by atoms with Gasteiger partial charge in [-0.25, -0.2) is 4.98 Å². The van der Waals surface area contributed by atoms with E-state index in [1.807, 2.05) is 42.5 Å². The molecule has 0 fully saturated rings. The van der Waals surface area contributed by atoms with Crippen LogP contribution < -0.4 is 5.32 Å². The van der Waals surface area contributed by atoms with Crippen LogP contribution in [-0.2, 0) is 11.2 Å². The molecular formula is C22H18N2O3. The maximum atomic E-state index is 12.1. The van der Waals surface area contributed by atoms with E-state index in [2.05, 4.69) is 17.2 Å². The number of hydrogen-bond acceptors (Lipinski definition) is 4. The molecule has 134 valence electrons. The van der Waals surface area contributed by atoms with Gasteiger partial charge >= 0.3 is 0 Å². The third-order valence-corrected chi connectivity index (χ3v) is 4.18. The van der Waals surface area contributed by atoms with Gasteiger partial charge in [0, 0.05) is 17.3 Å². The SMILES string of the molecule is CCc1ccc2oc(-c3cccc(NC(=O)/C=C/c4ccco4)c3)nc2c1. The van der Waals surface area contributed by atoms with E-state index in [1.165, 1.54) is 11.6 Å². The van der Waals surface area contributed by atoms with Crippen molar-refractivity contribution in [3.8, 4) is 11.5 Å². The first-order chi connectivity index (χ1) is 13.2. The molecule has 0 radical (unpaired) electrons. The summed E-state index contributed by atoms with van der Waals surface area (Å²) in [4.78, 5) is 16.7. The molecule has 0 atom stereocenters. The predicted molar refractivity (Wildman–Crippen MR) is 105 cm³/mol. The highest BCUT2D eigenvalue weighted by Crippen LogP contribution is 2.27. The van der Waals surface area contributed by atoms with Crippen molar-refractivity contribution in [1.29, 1.82) is 0 Å². The smallest absolute Gasteiger partial charge is 0.248 e. The van der Waals surface area contributed by atoms with Crippen molar-refractivity contribution in [2.45, 2.75) is 13.3 Å². The van der Waals surface area contributed by atoms with E-state index >= 15 is 0 Å². The number of fused-ring (bicyclic) bond motifs is 1. The number of nitrogens with one attached hydrogen (secondary N) is 1. The lowest BCUT2D eigenvalue weighted by Crippen LogP contribution is -2.07. The molecule has 0 aliphatic heterocycles. The highest BCUT2D eigenvalue weighted by Gasteiger charge is 2.10. The normalized spacial score (nSPS) is 11.3. The summed E-state index contributed by atoms with van der Waals surface area (Å²) in [6, 6.07) is 17.0. The summed E-state index contributed by atoms with van der Waals surface area (Å²) in [5.74, 6) is 0.908. The Morgan fingerprint density at radius 3 is 2.89 bits per heavy atom. The second-order valence-corrected chi connectivity index (χ2v) is 6.09. The molecule has 2 aromatic carbocycles. The highest BCUT2D eigenvalue weighted by molar-refractivity contribution is 6.02. The zero-order valence-corrected chi connectivity index (χ0v) is 14.8. The molecule has 0 aliphatic rings. The number of carbonyl (C=O) groups is 1. The van der Waals surface area contributed by atoms with Gasteiger partial charge in [-0.2, -0.15) is 0 Å². The molecule has 1 amide bonds. The first-order valence-corrected chi connectivity index (χ1v) is 8.74. The van der Waals surface area contributed by atoms with Crippen LogP contribution in [0.2, 0.25) is 0 Å². The van der Waals surface area contributed by atoms with Crippen molar-refractivity contribution >= 4 is 28.8 Å². The van der Waals surface area contributed by atoms with Gasteiger partial charge in [0.1, 0.15) is 11.3 Å². The minimum atomic E-state index is -0.242. The van der Waals surface area contributed by atoms with Gasteiger partial charge in [0.15, 0.2) is 5.58 Å². The molecule has 27 heavy (non-hydrogen) atoms. The first-order valence-electron chi connectivity index (χ1n) is 8.74. The molecule has 0 unspecified atom stereocenters. The van der Waals surface area contributed by atoms with Gasteiger partial charge in [0.25, 0.3) is 0 Å². The second kappa shape index (κ2) is 7.33. The number of anilines is 1. The number of oxazole rings is 1. The van der Waals surface area contributed by atoms with Crippen LogP contribution in [0.25, 0.3) is 28.6 Å². The molecule has 4 rings (SSSR count). The first kappa shape index (κ1) is 16.8. The number of furan rings is 1. The topological polar surface area (TPSA) is 68.3 Å². The molecular weight excluding hydrogens is 340 g/mol. The Kier molecular flexibility index (Phi) is 4.58. The van der Waals surface area contributed by atoms with Crippen molar-refractivity contribution in [3.05, 3.63) is 78.3 Å². The predicted octanol–water partition coefficient (Wildman–Crippen LogP) is 5.30. The average Bonchev–Trinajstić information content (AvgIpc) is 3.35. The van der Waals surface area contributed by atoms with Gasteiger partial charge < -0.3 is 14.2 Å². The number of amides is 1. The lowest BCUT2D eigenvalue weighted by molar-refractivity contribution is -0.111. The standard InChI is InChI=1S/C22H18N2O3/c1-2-15-8-10-20-19(13-15)24-22(27-20)16-5-3-6-17(14-16)23-21(25)11-9-18-7-4-12-26-18/h3-14H,2H2,1H3,(H,23,25)/b11-9+. The third-order valence-electron chi connectivity index (χ3n) is 4.18. The second-order valence-electron chi connectivity index (χ2n) is 6.09. The van der Waals surface area contributed by atoms with Gasteiger partial charge in [-0.3, -0.25) is 4.79 Å². The number of nitrogens with zero attached hydrogens (tertiary/aromatic N) is 1. The molecule has 5 heteroatoms. The van der Waals surface area contributed by atoms with Crippen LogP contribution in [0.1, 0.15) is 18.2 Å². The summed E-state index contributed by atoms with van der Waals surface area (Å²) >= 11 is 0. The highest BCUT2D eigenvalue weighted by atomic mass is 16.3. The van der Waals surface area contributed by atoms with E-state index in [9.17, 15) is 4.79 Å². The number of hydrogen-bond donors (Lipinski definition) is 1. The van der Waals surface area contributed by atoms with Crippen molar-refractivity contribution < 1.29 is 13.6 Å². The molecule has 0 aliphatic carbocycles. The molecule has 0 spiro atoms. The summed E-state index contributed by atoms with van der Waals surface area (Å²) < 4.78 is 11.0.